The SMILES string of the molecule is O=C(NC(=S)Nc1ccccc1C(=O)N1CCCC1)c1ccccc1Br. The first-order valence-electron chi connectivity index (χ1n) is 8.31. The molecule has 7 heteroatoms. The van der Waals surface area contributed by atoms with E-state index in [0.29, 0.717) is 21.3 Å². The summed E-state index contributed by atoms with van der Waals surface area (Å²) in [5.41, 5.74) is 1.62. The molecule has 0 radical (unpaired) electrons. The van der Waals surface area contributed by atoms with Crippen LogP contribution in [-0.2, 0) is 0 Å². The van der Waals surface area contributed by atoms with Crippen LogP contribution >= 0.6 is 28.1 Å². The van der Waals surface area contributed by atoms with Gasteiger partial charge in [0.15, 0.2) is 5.11 Å². The van der Waals surface area contributed by atoms with Crippen LogP contribution in [0.4, 0.5) is 5.69 Å². The summed E-state index contributed by atoms with van der Waals surface area (Å²) in [6.45, 7) is 1.55. The second-order valence-electron chi connectivity index (χ2n) is 5.93. The summed E-state index contributed by atoms with van der Waals surface area (Å²) in [5.74, 6) is -0.344. The fraction of sp³-hybridized carbons (Fsp3) is 0.211. The van der Waals surface area contributed by atoms with E-state index in [4.69, 9.17) is 12.2 Å². The van der Waals surface area contributed by atoms with Gasteiger partial charge in [0, 0.05) is 17.6 Å². The Bertz CT molecular complexity index is 850. The van der Waals surface area contributed by atoms with Gasteiger partial charge in [-0.15, -0.1) is 0 Å². The number of anilines is 1. The summed E-state index contributed by atoms with van der Waals surface area (Å²) in [7, 11) is 0. The number of likely N-dealkylation sites (tertiary alicyclic amines) is 1. The number of hydrogen-bond acceptors (Lipinski definition) is 3. The van der Waals surface area contributed by atoms with Gasteiger partial charge in [-0.3, -0.25) is 14.9 Å². The number of para-hydroxylation sites is 1. The monoisotopic (exact) mass is 431 g/mol. The van der Waals surface area contributed by atoms with Gasteiger partial charge in [0.2, 0.25) is 0 Å². The number of rotatable bonds is 3. The van der Waals surface area contributed by atoms with Gasteiger partial charge in [-0.25, -0.2) is 0 Å². The summed E-state index contributed by atoms with van der Waals surface area (Å²) in [5, 5.41) is 5.77. The highest BCUT2D eigenvalue weighted by molar-refractivity contribution is 9.10. The lowest BCUT2D eigenvalue weighted by atomic mass is 10.1. The topological polar surface area (TPSA) is 61.4 Å². The molecule has 1 fully saturated rings. The summed E-state index contributed by atoms with van der Waals surface area (Å²) >= 11 is 8.60. The normalized spacial score (nSPS) is 13.3. The summed E-state index contributed by atoms with van der Waals surface area (Å²) in [4.78, 5) is 26.9. The number of nitrogens with one attached hydrogen (secondary N) is 2. The van der Waals surface area contributed by atoms with Crippen molar-refractivity contribution in [1.29, 1.82) is 0 Å². The van der Waals surface area contributed by atoms with Crippen LogP contribution in [0.3, 0.4) is 0 Å². The fourth-order valence-corrected chi connectivity index (χ4v) is 3.51. The lowest BCUT2D eigenvalue weighted by molar-refractivity contribution is 0.0793. The van der Waals surface area contributed by atoms with Crippen molar-refractivity contribution in [2.24, 2.45) is 0 Å². The van der Waals surface area contributed by atoms with E-state index in [1.54, 1.807) is 30.3 Å². The zero-order valence-electron chi connectivity index (χ0n) is 14.0. The highest BCUT2D eigenvalue weighted by Gasteiger charge is 2.22. The molecule has 2 aromatic rings. The molecule has 0 atom stereocenters. The highest BCUT2D eigenvalue weighted by Crippen LogP contribution is 2.20. The molecule has 1 aliphatic heterocycles. The predicted octanol–water partition coefficient (Wildman–Crippen LogP) is 3.81. The van der Waals surface area contributed by atoms with Crippen LogP contribution in [0.15, 0.2) is 53.0 Å². The molecule has 1 saturated heterocycles. The van der Waals surface area contributed by atoms with Crippen molar-refractivity contribution in [3.05, 3.63) is 64.1 Å². The molecule has 0 aromatic heterocycles. The van der Waals surface area contributed by atoms with Gasteiger partial charge in [-0.2, -0.15) is 0 Å². The molecule has 1 heterocycles. The Kier molecular flexibility index (Phi) is 6.00. The van der Waals surface area contributed by atoms with Gasteiger partial charge >= 0.3 is 0 Å². The van der Waals surface area contributed by atoms with E-state index in [1.165, 1.54) is 0 Å². The molecule has 2 amide bonds. The average molecular weight is 432 g/mol. The molecule has 3 rings (SSSR count). The fourth-order valence-electron chi connectivity index (χ4n) is 2.84. The van der Waals surface area contributed by atoms with E-state index in [9.17, 15) is 9.59 Å². The number of hydrogen-bond donors (Lipinski definition) is 2. The smallest absolute Gasteiger partial charge is 0.258 e. The van der Waals surface area contributed by atoms with E-state index < -0.39 is 0 Å². The molecular formula is C19H18BrN3O2S. The largest absolute Gasteiger partial charge is 0.339 e. The van der Waals surface area contributed by atoms with Gasteiger partial charge in [-0.05, 0) is 65.3 Å². The second kappa shape index (κ2) is 8.42. The molecule has 0 spiro atoms. The molecule has 0 aliphatic carbocycles. The average Bonchev–Trinajstić information content (AvgIpc) is 3.16. The minimum absolute atomic E-state index is 0.0227. The number of benzene rings is 2. The quantitative estimate of drug-likeness (QED) is 0.725. The highest BCUT2D eigenvalue weighted by atomic mass is 79.9. The van der Waals surface area contributed by atoms with Crippen molar-refractivity contribution in [3.8, 4) is 0 Å². The van der Waals surface area contributed by atoms with Crippen LogP contribution in [0.2, 0.25) is 0 Å². The first kappa shape index (κ1) is 18.5. The van der Waals surface area contributed by atoms with Crippen LogP contribution in [0, 0.1) is 0 Å². The third-order valence-corrected chi connectivity index (χ3v) is 5.04. The number of halogens is 1. The Labute approximate surface area is 165 Å². The minimum Gasteiger partial charge on any atom is -0.339 e. The van der Waals surface area contributed by atoms with Crippen LogP contribution in [0.1, 0.15) is 33.6 Å². The summed E-state index contributed by atoms with van der Waals surface area (Å²) < 4.78 is 0.685. The Morgan fingerprint density at radius 3 is 2.27 bits per heavy atom. The lowest BCUT2D eigenvalue weighted by Gasteiger charge is -2.18. The van der Waals surface area contributed by atoms with Gasteiger partial charge in [-0.1, -0.05) is 24.3 Å². The molecule has 2 aromatic carbocycles. The molecule has 0 saturated carbocycles. The van der Waals surface area contributed by atoms with Crippen LogP contribution < -0.4 is 10.6 Å². The van der Waals surface area contributed by atoms with Crippen LogP contribution in [-0.4, -0.2) is 34.9 Å². The van der Waals surface area contributed by atoms with Crippen molar-refractivity contribution in [2.75, 3.05) is 18.4 Å². The molecule has 134 valence electrons. The van der Waals surface area contributed by atoms with Crippen molar-refractivity contribution in [2.45, 2.75) is 12.8 Å². The van der Waals surface area contributed by atoms with Gasteiger partial charge in [0.05, 0.1) is 16.8 Å². The molecule has 26 heavy (non-hydrogen) atoms. The Morgan fingerprint density at radius 1 is 0.962 bits per heavy atom. The van der Waals surface area contributed by atoms with E-state index in [2.05, 4.69) is 26.6 Å². The Morgan fingerprint density at radius 2 is 1.58 bits per heavy atom. The molecule has 1 aliphatic rings. The maximum atomic E-state index is 12.7. The van der Waals surface area contributed by atoms with E-state index >= 15 is 0 Å². The first-order chi connectivity index (χ1) is 12.6. The van der Waals surface area contributed by atoms with Crippen molar-refractivity contribution >= 4 is 50.8 Å². The van der Waals surface area contributed by atoms with Crippen molar-refractivity contribution in [3.63, 3.8) is 0 Å². The first-order valence-corrected chi connectivity index (χ1v) is 9.51. The maximum absolute atomic E-state index is 12.7. The minimum atomic E-state index is -0.321. The van der Waals surface area contributed by atoms with Crippen LogP contribution in [0.5, 0.6) is 0 Å². The van der Waals surface area contributed by atoms with Gasteiger partial charge in [0.25, 0.3) is 11.8 Å². The standard InChI is InChI=1S/C19H18BrN3O2S/c20-15-9-3-1-7-13(15)17(24)22-19(26)21-16-10-4-2-8-14(16)18(25)23-11-5-6-12-23/h1-4,7-10H,5-6,11-12H2,(H2,21,22,24,26). The zero-order chi connectivity index (χ0) is 18.5. The van der Waals surface area contributed by atoms with E-state index in [1.807, 2.05) is 23.1 Å². The van der Waals surface area contributed by atoms with Gasteiger partial charge in [0.1, 0.15) is 0 Å². The Hall–Kier alpha value is -2.25. The summed E-state index contributed by atoms with van der Waals surface area (Å²) in [6, 6.07) is 14.3. The molecular weight excluding hydrogens is 414 g/mol. The third kappa shape index (κ3) is 4.28. The van der Waals surface area contributed by atoms with E-state index in [0.717, 1.165) is 25.9 Å². The van der Waals surface area contributed by atoms with Gasteiger partial charge < -0.3 is 10.2 Å². The predicted molar refractivity (Wildman–Crippen MR) is 109 cm³/mol. The number of carbonyl (C=O) groups excluding carboxylic acids is 2. The molecule has 0 unspecified atom stereocenters. The van der Waals surface area contributed by atoms with Crippen molar-refractivity contribution < 1.29 is 9.59 Å². The lowest BCUT2D eigenvalue weighted by Crippen LogP contribution is -2.35. The molecule has 5 nitrogen and oxygen atoms in total. The summed E-state index contributed by atoms with van der Waals surface area (Å²) in [6.07, 6.45) is 2.06. The van der Waals surface area contributed by atoms with Crippen LogP contribution in [0.25, 0.3) is 0 Å². The number of nitrogens with zero attached hydrogens (tertiary/aromatic N) is 1. The molecule has 0 bridgehead atoms. The number of amides is 2. The zero-order valence-corrected chi connectivity index (χ0v) is 16.4. The third-order valence-electron chi connectivity index (χ3n) is 4.14. The van der Waals surface area contributed by atoms with Crippen molar-refractivity contribution in [1.82, 2.24) is 10.2 Å². The Balaban J connectivity index is 1.71. The maximum Gasteiger partial charge on any atom is 0.258 e. The number of carbonyl (C=O) groups is 2. The number of thiocarbonyl (C=S) groups is 1. The second-order valence-corrected chi connectivity index (χ2v) is 7.20. The molecule has 2 N–H and O–H groups in total. The van der Waals surface area contributed by atoms with E-state index in [-0.39, 0.29) is 16.9 Å².